The van der Waals surface area contributed by atoms with Crippen molar-refractivity contribution in [3.63, 3.8) is 0 Å². The molecule has 2 N–H and O–H groups in total. The van der Waals surface area contributed by atoms with Crippen LogP contribution in [0.15, 0.2) is 0 Å². The molecule has 0 heterocycles. The van der Waals surface area contributed by atoms with Crippen molar-refractivity contribution >= 4 is 5.78 Å². The van der Waals surface area contributed by atoms with E-state index in [2.05, 4.69) is 13.8 Å². The van der Waals surface area contributed by atoms with Crippen molar-refractivity contribution in [2.24, 2.45) is 40.4 Å². The zero-order valence-corrected chi connectivity index (χ0v) is 15.5. The zero-order chi connectivity index (χ0) is 17.3. The maximum atomic E-state index is 12.2. The van der Waals surface area contributed by atoms with E-state index >= 15 is 0 Å². The lowest BCUT2D eigenvalue weighted by atomic mass is 9.44. The third kappa shape index (κ3) is 2.19. The number of hydrogen-bond acceptors (Lipinski definition) is 3. The van der Waals surface area contributed by atoms with Gasteiger partial charge in [-0.05, 0) is 92.8 Å². The zero-order valence-electron chi connectivity index (χ0n) is 15.5. The summed E-state index contributed by atoms with van der Waals surface area (Å²) >= 11 is 0. The van der Waals surface area contributed by atoms with E-state index in [0.717, 1.165) is 38.5 Å². The fourth-order valence-electron chi connectivity index (χ4n) is 8.03. The summed E-state index contributed by atoms with van der Waals surface area (Å²) in [5.41, 5.74) is 0.182. The van der Waals surface area contributed by atoms with Gasteiger partial charge in [0.1, 0.15) is 5.78 Å². The molecule has 0 radical (unpaired) electrons. The number of aliphatic hydroxyl groups is 2. The summed E-state index contributed by atoms with van der Waals surface area (Å²) in [4.78, 5) is 12.2. The molecule has 24 heavy (non-hydrogen) atoms. The Morgan fingerprint density at radius 2 is 1.75 bits per heavy atom. The molecular formula is C21H34O3. The third-order valence-corrected chi connectivity index (χ3v) is 9.06. The predicted molar refractivity (Wildman–Crippen MR) is 93.3 cm³/mol. The molecule has 0 aliphatic heterocycles. The Morgan fingerprint density at radius 1 is 1.00 bits per heavy atom. The van der Waals surface area contributed by atoms with Crippen LogP contribution in [-0.2, 0) is 4.79 Å². The van der Waals surface area contributed by atoms with Crippen LogP contribution in [0.1, 0.15) is 72.1 Å². The van der Waals surface area contributed by atoms with Crippen LogP contribution in [0.2, 0.25) is 0 Å². The van der Waals surface area contributed by atoms with Gasteiger partial charge < -0.3 is 10.2 Å². The van der Waals surface area contributed by atoms with Crippen molar-refractivity contribution in [1.82, 2.24) is 0 Å². The van der Waals surface area contributed by atoms with Gasteiger partial charge in [-0.2, -0.15) is 0 Å². The minimum Gasteiger partial charge on any atom is -0.393 e. The molecule has 4 aliphatic rings. The lowest BCUT2D eigenvalue weighted by Crippen LogP contribution is -2.59. The summed E-state index contributed by atoms with van der Waals surface area (Å²) in [6.45, 7) is 6.43. The van der Waals surface area contributed by atoms with E-state index in [4.69, 9.17) is 0 Å². The summed E-state index contributed by atoms with van der Waals surface area (Å²) in [7, 11) is 0. The summed E-state index contributed by atoms with van der Waals surface area (Å²) in [6.07, 6.45) is 7.80. The highest BCUT2D eigenvalue weighted by molar-refractivity contribution is 5.79. The van der Waals surface area contributed by atoms with Crippen molar-refractivity contribution in [2.45, 2.75) is 84.3 Å². The third-order valence-electron chi connectivity index (χ3n) is 9.06. The van der Waals surface area contributed by atoms with Crippen molar-refractivity contribution in [3.05, 3.63) is 0 Å². The van der Waals surface area contributed by atoms with Gasteiger partial charge in [0.2, 0.25) is 0 Å². The number of carbonyl (C=O) groups excluding carboxylic acids is 1. The van der Waals surface area contributed by atoms with Crippen LogP contribution >= 0.6 is 0 Å². The Hall–Kier alpha value is -0.410. The number of rotatable bonds is 1. The highest BCUT2D eigenvalue weighted by atomic mass is 16.3. The van der Waals surface area contributed by atoms with Crippen molar-refractivity contribution < 1.29 is 15.0 Å². The maximum absolute atomic E-state index is 12.2. The molecule has 0 spiro atoms. The first-order valence-electron chi connectivity index (χ1n) is 10.1. The molecule has 0 aromatic rings. The number of aliphatic hydroxyl groups excluding tert-OH is 2. The standard InChI is InChI=1S/C21H34O3/c1-12(22)16-6-7-17-15-5-4-13-10-14(23)8-9-20(13,2)19(15)18(24)11-21(16,17)3/h13-19,23-24H,4-11H2,1-3H3/t13-,14-,15+,16+,17-,18-,19+,20+,21+/m1/s1. The maximum Gasteiger partial charge on any atom is 0.133 e. The summed E-state index contributed by atoms with van der Waals surface area (Å²) in [5, 5.41) is 21.3. The fourth-order valence-corrected chi connectivity index (χ4v) is 8.03. The van der Waals surface area contributed by atoms with Gasteiger partial charge in [0, 0.05) is 5.92 Å². The molecule has 4 rings (SSSR count). The van der Waals surface area contributed by atoms with Crippen molar-refractivity contribution in [3.8, 4) is 0 Å². The Morgan fingerprint density at radius 3 is 2.46 bits per heavy atom. The smallest absolute Gasteiger partial charge is 0.133 e. The Balaban J connectivity index is 1.67. The molecule has 0 aromatic carbocycles. The molecule has 3 nitrogen and oxygen atoms in total. The molecule has 3 heteroatoms. The molecular weight excluding hydrogens is 300 g/mol. The molecule has 4 saturated carbocycles. The van der Waals surface area contributed by atoms with E-state index in [0.29, 0.717) is 29.5 Å². The first kappa shape index (κ1) is 17.0. The van der Waals surface area contributed by atoms with Gasteiger partial charge in [0.15, 0.2) is 0 Å². The molecule has 9 atom stereocenters. The van der Waals surface area contributed by atoms with Crippen LogP contribution in [0.25, 0.3) is 0 Å². The summed E-state index contributed by atoms with van der Waals surface area (Å²) < 4.78 is 0. The van der Waals surface area contributed by atoms with Crippen molar-refractivity contribution in [1.29, 1.82) is 0 Å². The number of hydrogen-bond donors (Lipinski definition) is 2. The molecule has 0 bridgehead atoms. The van der Waals surface area contributed by atoms with E-state index in [1.165, 1.54) is 12.8 Å². The van der Waals surface area contributed by atoms with Crippen LogP contribution in [0.5, 0.6) is 0 Å². The van der Waals surface area contributed by atoms with Crippen LogP contribution in [0.4, 0.5) is 0 Å². The SMILES string of the molecule is CC(=O)[C@@H]1CC[C@@H]2[C@@H]3CC[C@@H]4C[C@H](O)CC[C@]4(C)[C@@H]3[C@H](O)C[C@]21C. The highest BCUT2D eigenvalue weighted by Crippen LogP contribution is 2.67. The molecule has 0 saturated heterocycles. The van der Waals surface area contributed by atoms with E-state index in [1.807, 2.05) is 0 Å². The summed E-state index contributed by atoms with van der Waals surface area (Å²) in [6, 6.07) is 0. The van der Waals surface area contributed by atoms with E-state index < -0.39 is 0 Å². The van der Waals surface area contributed by atoms with Crippen molar-refractivity contribution in [2.75, 3.05) is 0 Å². The summed E-state index contributed by atoms with van der Waals surface area (Å²) in [5.74, 6) is 2.58. The second-order valence-electron chi connectivity index (χ2n) is 10.0. The second-order valence-corrected chi connectivity index (χ2v) is 10.0. The van der Waals surface area contributed by atoms with Gasteiger partial charge in [-0.3, -0.25) is 4.79 Å². The number of ketones is 1. The molecule has 0 aromatic heterocycles. The monoisotopic (exact) mass is 334 g/mol. The fraction of sp³-hybridized carbons (Fsp3) is 0.952. The van der Waals surface area contributed by atoms with Gasteiger partial charge in [0.05, 0.1) is 12.2 Å². The van der Waals surface area contributed by atoms with Gasteiger partial charge >= 0.3 is 0 Å². The van der Waals surface area contributed by atoms with Crippen LogP contribution in [-0.4, -0.2) is 28.2 Å². The van der Waals surface area contributed by atoms with Gasteiger partial charge in [-0.1, -0.05) is 13.8 Å². The molecule has 4 fully saturated rings. The number of Topliss-reactive ketones (excluding diaryl/α,β-unsaturated/α-hetero) is 1. The van der Waals surface area contributed by atoms with Gasteiger partial charge in [-0.15, -0.1) is 0 Å². The van der Waals surface area contributed by atoms with Crippen LogP contribution < -0.4 is 0 Å². The van der Waals surface area contributed by atoms with Crippen LogP contribution in [0, 0.1) is 40.4 Å². The second kappa shape index (κ2) is 5.54. The number of carbonyl (C=O) groups is 1. The van der Waals surface area contributed by atoms with Crippen LogP contribution in [0.3, 0.4) is 0 Å². The first-order chi connectivity index (χ1) is 11.3. The van der Waals surface area contributed by atoms with Gasteiger partial charge in [0.25, 0.3) is 0 Å². The lowest BCUT2D eigenvalue weighted by Gasteiger charge is -2.62. The molecule has 0 amide bonds. The minimum atomic E-state index is -0.278. The predicted octanol–water partition coefficient (Wildman–Crippen LogP) is 3.57. The average Bonchev–Trinajstić information content (AvgIpc) is 2.84. The Bertz CT molecular complexity index is 531. The van der Waals surface area contributed by atoms with E-state index in [9.17, 15) is 15.0 Å². The largest absolute Gasteiger partial charge is 0.393 e. The average molecular weight is 335 g/mol. The topological polar surface area (TPSA) is 57.5 Å². The molecule has 136 valence electrons. The molecule has 4 aliphatic carbocycles. The minimum absolute atomic E-state index is 0.00376. The van der Waals surface area contributed by atoms with E-state index in [-0.39, 0.29) is 29.0 Å². The normalized spacial score (nSPS) is 57.0. The van der Waals surface area contributed by atoms with Gasteiger partial charge in [-0.25, -0.2) is 0 Å². The van der Waals surface area contributed by atoms with E-state index in [1.54, 1.807) is 6.92 Å². The lowest BCUT2D eigenvalue weighted by molar-refractivity contribution is -0.178. The number of fused-ring (bicyclic) bond motifs is 5. The Kier molecular flexibility index (Phi) is 3.93. The quantitative estimate of drug-likeness (QED) is 0.771. The highest BCUT2D eigenvalue weighted by Gasteiger charge is 2.63. The molecule has 0 unspecified atom stereocenters. The first-order valence-corrected chi connectivity index (χ1v) is 10.1. The Labute approximate surface area is 146 Å².